The summed E-state index contributed by atoms with van der Waals surface area (Å²) in [6.07, 6.45) is -0.952. The van der Waals surface area contributed by atoms with Crippen LogP contribution in [-0.2, 0) is 20.9 Å². The average molecular weight is 331 g/mol. The molecule has 126 valence electrons. The lowest BCUT2D eigenvalue weighted by Crippen LogP contribution is -2.29. The largest absolute Gasteiger partial charge is 0.479 e. The van der Waals surface area contributed by atoms with Crippen LogP contribution in [-0.4, -0.2) is 49.4 Å². The molecule has 0 unspecified atom stereocenters. The summed E-state index contributed by atoms with van der Waals surface area (Å²) in [6.45, 7) is 2.56. The summed E-state index contributed by atoms with van der Waals surface area (Å²) in [4.78, 5) is 23.1. The smallest absolute Gasteiger partial charge is 0.332 e. The molecule has 1 aliphatic rings. The molecule has 0 bridgehead atoms. The zero-order chi connectivity index (χ0) is 17.1. The van der Waals surface area contributed by atoms with Crippen molar-refractivity contribution in [2.75, 3.05) is 5.32 Å². The van der Waals surface area contributed by atoms with Crippen molar-refractivity contribution in [3.05, 3.63) is 24.3 Å². The molecule has 3 rings (SSSR count). The maximum Gasteiger partial charge on any atom is 0.332 e. The van der Waals surface area contributed by atoms with Crippen molar-refractivity contribution in [1.82, 2.24) is 20.2 Å². The van der Waals surface area contributed by atoms with Gasteiger partial charge in [0.2, 0.25) is 0 Å². The van der Waals surface area contributed by atoms with Crippen LogP contribution in [0, 0.1) is 0 Å². The molecule has 2 heterocycles. The number of aromatic nitrogens is 4. The molecule has 1 aromatic carbocycles. The van der Waals surface area contributed by atoms with Crippen molar-refractivity contribution < 1.29 is 19.4 Å². The van der Waals surface area contributed by atoms with E-state index in [0.717, 1.165) is 5.56 Å². The third-order valence-electron chi connectivity index (χ3n) is 3.81. The number of carboxylic acid groups (broad SMARTS) is 1. The van der Waals surface area contributed by atoms with Crippen LogP contribution < -0.4 is 5.32 Å². The van der Waals surface area contributed by atoms with Crippen molar-refractivity contribution >= 4 is 17.6 Å². The normalized spacial score (nSPS) is 20.0. The Morgan fingerprint density at radius 3 is 2.88 bits per heavy atom. The van der Waals surface area contributed by atoms with Crippen molar-refractivity contribution in [3.8, 4) is 11.4 Å². The van der Waals surface area contributed by atoms with Crippen molar-refractivity contribution in [3.63, 3.8) is 0 Å². The van der Waals surface area contributed by atoms with E-state index < -0.39 is 18.2 Å². The summed E-state index contributed by atoms with van der Waals surface area (Å²) in [7, 11) is 0. The number of amides is 1. The Bertz CT molecular complexity index is 760. The molecule has 9 heteroatoms. The molecular formula is C15H17N5O4. The molecule has 1 amide bonds. The second-order valence-electron chi connectivity index (χ2n) is 5.42. The van der Waals surface area contributed by atoms with Crippen LogP contribution in [0.15, 0.2) is 24.3 Å². The van der Waals surface area contributed by atoms with Gasteiger partial charge < -0.3 is 15.2 Å². The molecule has 0 aliphatic carbocycles. The average Bonchev–Trinajstić information content (AvgIpc) is 3.24. The van der Waals surface area contributed by atoms with Gasteiger partial charge in [-0.3, -0.25) is 4.79 Å². The molecule has 0 radical (unpaired) electrons. The number of carboxylic acids is 1. The van der Waals surface area contributed by atoms with Gasteiger partial charge >= 0.3 is 5.97 Å². The number of benzene rings is 1. The minimum absolute atomic E-state index is 0.332. The molecule has 1 aliphatic heterocycles. The highest BCUT2D eigenvalue weighted by Gasteiger charge is 2.34. The fourth-order valence-electron chi connectivity index (χ4n) is 2.59. The van der Waals surface area contributed by atoms with Gasteiger partial charge in [-0.05, 0) is 42.3 Å². The summed E-state index contributed by atoms with van der Waals surface area (Å²) >= 11 is 0. The number of carbonyl (C=O) groups is 2. The summed E-state index contributed by atoms with van der Waals surface area (Å²) in [5.74, 6) is -0.790. The summed E-state index contributed by atoms with van der Waals surface area (Å²) in [6, 6.07) is 7.14. The highest BCUT2D eigenvalue weighted by Crippen LogP contribution is 2.23. The number of hydrogen-bond acceptors (Lipinski definition) is 6. The van der Waals surface area contributed by atoms with Gasteiger partial charge in [-0.15, -0.1) is 5.10 Å². The standard InChI is InChI=1S/C15H17N5O4/c1-2-20-13(17-18-19-20)9-4-3-5-10(8-9)16-14(21)11-6-7-12(24-11)15(22)23/h3-5,8,11-12H,2,6-7H2,1H3,(H,16,21)(H,22,23)/t11-,12+/m0/s1. The topological polar surface area (TPSA) is 119 Å². The second kappa shape index (κ2) is 6.75. The predicted molar refractivity (Wildman–Crippen MR) is 83.1 cm³/mol. The summed E-state index contributed by atoms with van der Waals surface area (Å²) < 4.78 is 6.90. The maximum absolute atomic E-state index is 12.2. The molecule has 2 atom stereocenters. The fraction of sp³-hybridized carbons (Fsp3) is 0.400. The molecule has 1 saturated heterocycles. The molecule has 9 nitrogen and oxygen atoms in total. The lowest BCUT2D eigenvalue weighted by atomic mass is 10.1. The van der Waals surface area contributed by atoms with Crippen molar-refractivity contribution in [2.45, 2.75) is 38.5 Å². The maximum atomic E-state index is 12.2. The molecule has 1 aromatic heterocycles. The molecule has 2 N–H and O–H groups in total. The Morgan fingerprint density at radius 2 is 2.17 bits per heavy atom. The molecular weight excluding hydrogens is 314 g/mol. The van der Waals surface area contributed by atoms with E-state index in [2.05, 4.69) is 20.8 Å². The number of aryl methyl sites for hydroxylation is 1. The lowest BCUT2D eigenvalue weighted by Gasteiger charge is -2.12. The van der Waals surface area contributed by atoms with E-state index in [0.29, 0.717) is 30.9 Å². The zero-order valence-corrected chi connectivity index (χ0v) is 13.0. The Kier molecular flexibility index (Phi) is 4.52. The van der Waals surface area contributed by atoms with Crippen molar-refractivity contribution in [2.24, 2.45) is 0 Å². The lowest BCUT2D eigenvalue weighted by molar-refractivity contribution is -0.150. The van der Waals surface area contributed by atoms with Gasteiger partial charge in [0.05, 0.1) is 0 Å². The number of hydrogen-bond donors (Lipinski definition) is 2. The first-order valence-corrected chi connectivity index (χ1v) is 7.64. The highest BCUT2D eigenvalue weighted by molar-refractivity contribution is 5.95. The zero-order valence-electron chi connectivity index (χ0n) is 13.0. The predicted octanol–water partition coefficient (Wildman–Crippen LogP) is 0.931. The number of carbonyl (C=O) groups excluding carboxylic acids is 1. The molecule has 0 spiro atoms. The van der Waals surface area contributed by atoms with Gasteiger partial charge in [-0.1, -0.05) is 12.1 Å². The van der Waals surface area contributed by atoms with E-state index in [1.54, 1.807) is 22.9 Å². The monoisotopic (exact) mass is 331 g/mol. The number of aliphatic carboxylic acids is 1. The SMILES string of the molecule is CCn1nnnc1-c1cccc(NC(=O)[C@@H]2CC[C@H](C(=O)O)O2)c1. The minimum Gasteiger partial charge on any atom is -0.479 e. The van der Waals surface area contributed by atoms with E-state index in [9.17, 15) is 9.59 Å². The third kappa shape index (κ3) is 3.25. The number of ether oxygens (including phenoxy) is 1. The Balaban J connectivity index is 1.71. The quantitative estimate of drug-likeness (QED) is 0.836. The van der Waals surface area contributed by atoms with E-state index in [4.69, 9.17) is 9.84 Å². The third-order valence-corrected chi connectivity index (χ3v) is 3.81. The Hall–Kier alpha value is -2.81. The van der Waals surface area contributed by atoms with Gasteiger partial charge in [0, 0.05) is 17.8 Å². The molecule has 2 aromatic rings. The van der Waals surface area contributed by atoms with Gasteiger partial charge in [-0.25, -0.2) is 9.48 Å². The van der Waals surface area contributed by atoms with E-state index in [1.165, 1.54) is 0 Å². The van der Waals surface area contributed by atoms with E-state index in [-0.39, 0.29) is 5.91 Å². The van der Waals surface area contributed by atoms with Gasteiger partial charge in [-0.2, -0.15) is 0 Å². The van der Waals surface area contributed by atoms with Crippen molar-refractivity contribution in [1.29, 1.82) is 0 Å². The number of nitrogens with one attached hydrogen (secondary N) is 1. The molecule has 24 heavy (non-hydrogen) atoms. The Labute approximate surface area is 137 Å². The van der Waals surface area contributed by atoms with Crippen LogP contribution in [0.5, 0.6) is 0 Å². The van der Waals surface area contributed by atoms with E-state index in [1.807, 2.05) is 13.0 Å². The van der Waals surface area contributed by atoms with Gasteiger partial charge in [0.15, 0.2) is 11.9 Å². The molecule has 1 fully saturated rings. The summed E-state index contributed by atoms with van der Waals surface area (Å²) in [5.41, 5.74) is 1.35. The van der Waals surface area contributed by atoms with Crippen LogP contribution in [0.1, 0.15) is 19.8 Å². The van der Waals surface area contributed by atoms with Crippen LogP contribution in [0.4, 0.5) is 5.69 Å². The highest BCUT2D eigenvalue weighted by atomic mass is 16.5. The first-order chi connectivity index (χ1) is 11.6. The van der Waals surface area contributed by atoms with Crippen LogP contribution in [0.25, 0.3) is 11.4 Å². The van der Waals surface area contributed by atoms with Crippen LogP contribution >= 0.6 is 0 Å². The number of nitrogens with zero attached hydrogens (tertiary/aromatic N) is 4. The number of rotatable bonds is 5. The first kappa shape index (κ1) is 16.1. The minimum atomic E-state index is -1.04. The van der Waals surface area contributed by atoms with Crippen LogP contribution in [0.3, 0.4) is 0 Å². The number of anilines is 1. The second-order valence-corrected chi connectivity index (χ2v) is 5.42. The Morgan fingerprint density at radius 1 is 1.38 bits per heavy atom. The fourth-order valence-corrected chi connectivity index (χ4v) is 2.59. The number of tetrazole rings is 1. The summed E-state index contributed by atoms with van der Waals surface area (Å²) in [5, 5.41) is 23.2. The van der Waals surface area contributed by atoms with Gasteiger partial charge in [0.25, 0.3) is 5.91 Å². The van der Waals surface area contributed by atoms with E-state index >= 15 is 0 Å². The molecule has 0 saturated carbocycles. The van der Waals surface area contributed by atoms with Crippen LogP contribution in [0.2, 0.25) is 0 Å². The first-order valence-electron chi connectivity index (χ1n) is 7.64. The van der Waals surface area contributed by atoms with Gasteiger partial charge in [0.1, 0.15) is 6.10 Å².